The van der Waals surface area contributed by atoms with Crippen LogP contribution in [-0.4, -0.2) is 38.7 Å². The van der Waals surface area contributed by atoms with E-state index in [-0.39, 0.29) is 22.1 Å². The van der Waals surface area contributed by atoms with Gasteiger partial charge in [0.25, 0.3) is 5.69 Å². The number of nitro benzene ring substituents is 1. The first-order valence-electron chi connectivity index (χ1n) is 8.06. The summed E-state index contributed by atoms with van der Waals surface area (Å²) in [5, 5.41) is 13.4. The average molecular weight is 428 g/mol. The lowest BCUT2D eigenvalue weighted by Gasteiger charge is -2.22. The van der Waals surface area contributed by atoms with Crippen LogP contribution in [0.3, 0.4) is 0 Å². The third kappa shape index (κ3) is 5.57. The van der Waals surface area contributed by atoms with E-state index in [4.69, 9.17) is 16.3 Å². The molecule has 2 rings (SSSR count). The molecular weight excluding hydrogens is 410 g/mol. The van der Waals surface area contributed by atoms with Crippen LogP contribution in [0.4, 0.5) is 17.1 Å². The van der Waals surface area contributed by atoms with E-state index in [1.54, 1.807) is 19.1 Å². The van der Waals surface area contributed by atoms with Crippen molar-refractivity contribution in [2.75, 3.05) is 29.0 Å². The second-order valence-corrected chi connectivity index (χ2v) is 7.98. The molecule has 0 unspecified atom stereocenters. The van der Waals surface area contributed by atoms with Crippen molar-refractivity contribution >= 4 is 44.6 Å². The van der Waals surface area contributed by atoms with Crippen molar-refractivity contribution in [3.8, 4) is 5.75 Å². The number of amides is 1. The first kappa shape index (κ1) is 21.5. The van der Waals surface area contributed by atoms with Crippen LogP contribution in [0.2, 0.25) is 5.02 Å². The fourth-order valence-electron chi connectivity index (χ4n) is 2.34. The van der Waals surface area contributed by atoms with Gasteiger partial charge in [0.2, 0.25) is 15.9 Å². The van der Waals surface area contributed by atoms with Gasteiger partial charge in [0.05, 0.1) is 34.2 Å². The molecule has 0 saturated heterocycles. The number of nitrogens with one attached hydrogen (secondary N) is 1. The van der Waals surface area contributed by atoms with E-state index in [0.29, 0.717) is 12.4 Å². The van der Waals surface area contributed by atoms with E-state index in [1.165, 1.54) is 24.3 Å². The Morgan fingerprint density at radius 3 is 2.61 bits per heavy atom. The normalized spacial score (nSPS) is 11.0. The summed E-state index contributed by atoms with van der Waals surface area (Å²) in [4.78, 5) is 22.7. The van der Waals surface area contributed by atoms with E-state index >= 15 is 0 Å². The van der Waals surface area contributed by atoms with Crippen LogP contribution in [-0.2, 0) is 14.8 Å². The molecule has 0 aromatic heterocycles. The zero-order chi connectivity index (χ0) is 20.9. The predicted molar refractivity (Wildman–Crippen MR) is 107 cm³/mol. The largest absolute Gasteiger partial charge is 0.494 e. The summed E-state index contributed by atoms with van der Waals surface area (Å²) in [5.74, 6) is -0.259. The van der Waals surface area contributed by atoms with Crippen molar-refractivity contribution in [3.05, 3.63) is 57.6 Å². The summed E-state index contributed by atoms with van der Waals surface area (Å²) in [5.41, 5.74) is -0.00444. The SMILES string of the molecule is CCOc1cccc(N(CC(=O)Nc2cc([N+](=O)[O-])ccc2Cl)S(C)(=O)=O)c1. The molecule has 2 aromatic carbocycles. The number of carbonyl (C=O) groups is 1. The lowest BCUT2D eigenvalue weighted by atomic mass is 10.2. The highest BCUT2D eigenvalue weighted by molar-refractivity contribution is 7.92. The topological polar surface area (TPSA) is 119 Å². The summed E-state index contributed by atoms with van der Waals surface area (Å²) in [6.45, 7) is 1.64. The maximum Gasteiger partial charge on any atom is 0.271 e. The number of nitro groups is 1. The average Bonchev–Trinajstić information content (AvgIpc) is 2.61. The number of anilines is 2. The quantitative estimate of drug-likeness (QED) is 0.510. The first-order chi connectivity index (χ1) is 13.1. The Labute approximate surface area is 167 Å². The van der Waals surface area contributed by atoms with Crippen molar-refractivity contribution in [2.45, 2.75) is 6.92 Å². The van der Waals surface area contributed by atoms with Crippen molar-refractivity contribution in [1.82, 2.24) is 0 Å². The summed E-state index contributed by atoms with van der Waals surface area (Å²) in [6, 6.07) is 9.86. The maximum absolute atomic E-state index is 12.4. The van der Waals surface area contributed by atoms with Crippen LogP contribution in [0, 0.1) is 10.1 Å². The van der Waals surface area contributed by atoms with Crippen LogP contribution in [0.1, 0.15) is 6.92 Å². The Morgan fingerprint density at radius 1 is 1.29 bits per heavy atom. The number of nitrogens with zero attached hydrogens (tertiary/aromatic N) is 2. The highest BCUT2D eigenvalue weighted by Crippen LogP contribution is 2.27. The van der Waals surface area contributed by atoms with Gasteiger partial charge in [-0.25, -0.2) is 8.42 Å². The Balaban J connectivity index is 2.26. The van der Waals surface area contributed by atoms with Crippen molar-refractivity contribution in [2.24, 2.45) is 0 Å². The summed E-state index contributed by atoms with van der Waals surface area (Å²) >= 11 is 5.96. The molecule has 0 fully saturated rings. The van der Waals surface area contributed by atoms with Gasteiger partial charge in [0.15, 0.2) is 0 Å². The molecule has 0 spiro atoms. The van der Waals surface area contributed by atoms with Crippen LogP contribution in [0.5, 0.6) is 5.75 Å². The van der Waals surface area contributed by atoms with Crippen molar-refractivity contribution in [1.29, 1.82) is 0 Å². The minimum Gasteiger partial charge on any atom is -0.494 e. The Morgan fingerprint density at radius 2 is 2.00 bits per heavy atom. The lowest BCUT2D eigenvalue weighted by Crippen LogP contribution is -2.37. The molecule has 0 aliphatic heterocycles. The number of benzene rings is 2. The van der Waals surface area contributed by atoms with Gasteiger partial charge >= 0.3 is 0 Å². The first-order valence-corrected chi connectivity index (χ1v) is 10.3. The van der Waals surface area contributed by atoms with Crippen molar-refractivity contribution < 1.29 is 22.9 Å². The molecule has 0 bridgehead atoms. The highest BCUT2D eigenvalue weighted by Gasteiger charge is 2.22. The second-order valence-electron chi connectivity index (χ2n) is 5.67. The smallest absolute Gasteiger partial charge is 0.271 e. The molecule has 0 heterocycles. The molecule has 1 amide bonds. The van der Waals surface area contributed by atoms with Gasteiger partial charge in [-0.1, -0.05) is 17.7 Å². The third-order valence-electron chi connectivity index (χ3n) is 3.54. The summed E-state index contributed by atoms with van der Waals surface area (Å²) < 4.78 is 30.6. The molecule has 0 saturated carbocycles. The molecule has 0 atom stereocenters. The van der Waals surface area contributed by atoms with Gasteiger partial charge in [-0.3, -0.25) is 19.2 Å². The molecule has 0 aliphatic carbocycles. The number of carbonyl (C=O) groups excluding carboxylic acids is 1. The van der Waals surface area contributed by atoms with Gasteiger partial charge in [-0.2, -0.15) is 0 Å². The zero-order valence-electron chi connectivity index (χ0n) is 15.1. The third-order valence-corrected chi connectivity index (χ3v) is 5.01. The molecule has 28 heavy (non-hydrogen) atoms. The molecule has 0 radical (unpaired) electrons. The fraction of sp³-hybridized carbons (Fsp3) is 0.235. The van der Waals surface area contributed by atoms with Crippen LogP contribution < -0.4 is 14.4 Å². The second kappa shape index (κ2) is 8.89. The fourth-order valence-corrected chi connectivity index (χ4v) is 3.35. The van der Waals surface area contributed by atoms with Crippen molar-refractivity contribution in [3.63, 3.8) is 0 Å². The zero-order valence-corrected chi connectivity index (χ0v) is 16.7. The predicted octanol–water partition coefficient (Wildman–Crippen LogP) is 3.05. The molecular formula is C17H18ClN3O6S. The molecule has 2 aromatic rings. The Kier molecular flexibility index (Phi) is 6.81. The molecule has 150 valence electrons. The number of non-ortho nitro benzene ring substituents is 1. The van der Waals surface area contributed by atoms with E-state index in [1.807, 2.05) is 0 Å². The number of hydrogen-bond donors (Lipinski definition) is 1. The Bertz CT molecular complexity index is 996. The van der Waals surface area contributed by atoms with Gasteiger partial charge < -0.3 is 10.1 Å². The van der Waals surface area contributed by atoms with Gasteiger partial charge in [-0.05, 0) is 25.1 Å². The number of ether oxygens (including phenoxy) is 1. The summed E-state index contributed by atoms with van der Waals surface area (Å²) in [6.07, 6.45) is 0.966. The van der Waals surface area contributed by atoms with Crippen LogP contribution in [0.15, 0.2) is 42.5 Å². The molecule has 1 N–H and O–H groups in total. The lowest BCUT2D eigenvalue weighted by molar-refractivity contribution is -0.384. The Hall–Kier alpha value is -2.85. The van der Waals surface area contributed by atoms with Gasteiger partial charge in [0.1, 0.15) is 12.3 Å². The molecule has 11 heteroatoms. The highest BCUT2D eigenvalue weighted by atomic mass is 35.5. The number of sulfonamides is 1. The molecule has 0 aliphatic rings. The van der Waals surface area contributed by atoms with E-state index < -0.39 is 27.4 Å². The van der Waals surface area contributed by atoms with E-state index in [2.05, 4.69) is 5.32 Å². The minimum atomic E-state index is -3.79. The summed E-state index contributed by atoms with van der Waals surface area (Å²) in [7, 11) is -3.79. The van der Waals surface area contributed by atoms with Gasteiger partial charge in [0, 0.05) is 18.2 Å². The minimum absolute atomic E-state index is 0.0115. The van der Waals surface area contributed by atoms with Crippen LogP contribution in [0.25, 0.3) is 0 Å². The number of halogens is 1. The maximum atomic E-state index is 12.4. The number of rotatable bonds is 8. The molecule has 9 nitrogen and oxygen atoms in total. The van der Waals surface area contributed by atoms with E-state index in [0.717, 1.165) is 16.6 Å². The van der Waals surface area contributed by atoms with E-state index in [9.17, 15) is 23.3 Å². The monoisotopic (exact) mass is 427 g/mol. The number of hydrogen-bond acceptors (Lipinski definition) is 6. The van der Waals surface area contributed by atoms with Crippen LogP contribution >= 0.6 is 11.6 Å². The standard InChI is InChI=1S/C17H18ClN3O6S/c1-3-27-14-6-4-5-12(9-14)20(28(2,25)26)11-17(22)19-16-10-13(21(23)24)7-8-15(16)18/h4-10H,3,11H2,1-2H3,(H,19,22). The van der Waals surface area contributed by atoms with Gasteiger partial charge in [-0.15, -0.1) is 0 Å².